The third-order valence-corrected chi connectivity index (χ3v) is 5.71. The maximum absolute atomic E-state index is 12.2. The summed E-state index contributed by atoms with van der Waals surface area (Å²) in [6.07, 6.45) is 1.83. The fourth-order valence-electron chi connectivity index (χ4n) is 4.33. The maximum Gasteiger partial charge on any atom is 0.255 e. The first-order valence-electron chi connectivity index (χ1n) is 9.67. The fourth-order valence-corrected chi connectivity index (χ4v) is 4.33. The van der Waals surface area contributed by atoms with E-state index in [0.717, 1.165) is 18.8 Å². The van der Waals surface area contributed by atoms with Gasteiger partial charge in [0, 0.05) is 37.0 Å². The first-order valence-corrected chi connectivity index (χ1v) is 9.67. The van der Waals surface area contributed by atoms with Crippen molar-refractivity contribution in [3.63, 3.8) is 0 Å². The molecule has 2 heterocycles. The van der Waals surface area contributed by atoms with Gasteiger partial charge >= 0.3 is 0 Å². The lowest BCUT2D eigenvalue weighted by atomic mass is 9.84. The van der Waals surface area contributed by atoms with Crippen LogP contribution in [0.5, 0.6) is 0 Å². The second kappa shape index (κ2) is 6.77. The molecule has 0 saturated heterocycles. The van der Waals surface area contributed by atoms with Crippen molar-refractivity contribution in [2.45, 2.75) is 12.5 Å². The van der Waals surface area contributed by atoms with Crippen LogP contribution in [-0.2, 0) is 6.54 Å². The zero-order chi connectivity index (χ0) is 19.1. The van der Waals surface area contributed by atoms with Crippen molar-refractivity contribution in [1.82, 2.24) is 9.47 Å². The third-order valence-electron chi connectivity index (χ3n) is 5.71. The molecule has 28 heavy (non-hydrogen) atoms. The summed E-state index contributed by atoms with van der Waals surface area (Å²) < 4.78 is 1.71. The van der Waals surface area contributed by atoms with Crippen molar-refractivity contribution in [2.24, 2.45) is 0 Å². The number of nitrogens with zero attached hydrogens (tertiary/aromatic N) is 2. The minimum absolute atomic E-state index is 0.00214. The molecule has 5 rings (SSSR count). The molecular formula is C25H22N2O. The average Bonchev–Trinajstić information content (AvgIpc) is 2.72. The first kappa shape index (κ1) is 17.0. The van der Waals surface area contributed by atoms with Crippen molar-refractivity contribution in [3.8, 4) is 5.69 Å². The Bertz CT molecular complexity index is 1220. The number of hydrogen-bond acceptors (Lipinski definition) is 2. The maximum atomic E-state index is 12.2. The Hall–Kier alpha value is -3.17. The molecule has 1 aliphatic heterocycles. The van der Waals surface area contributed by atoms with Gasteiger partial charge in [0.1, 0.15) is 0 Å². The highest BCUT2D eigenvalue weighted by Gasteiger charge is 2.25. The Morgan fingerprint density at radius 2 is 1.68 bits per heavy atom. The van der Waals surface area contributed by atoms with E-state index in [9.17, 15) is 4.79 Å². The number of pyridine rings is 1. The Morgan fingerprint density at radius 3 is 2.54 bits per heavy atom. The van der Waals surface area contributed by atoms with Crippen molar-refractivity contribution < 1.29 is 0 Å². The van der Waals surface area contributed by atoms with E-state index >= 15 is 0 Å². The van der Waals surface area contributed by atoms with Crippen LogP contribution in [0.15, 0.2) is 89.9 Å². The summed E-state index contributed by atoms with van der Waals surface area (Å²) in [5.74, 6) is 0.333. The summed E-state index contributed by atoms with van der Waals surface area (Å²) in [6, 6.07) is 27.0. The van der Waals surface area contributed by atoms with E-state index in [1.54, 1.807) is 16.7 Å². The molecule has 0 radical (unpaired) electrons. The van der Waals surface area contributed by atoms with Gasteiger partial charge in [-0.2, -0.15) is 0 Å². The predicted octanol–water partition coefficient (Wildman–Crippen LogP) is 4.57. The lowest BCUT2D eigenvalue weighted by Crippen LogP contribution is -2.31. The van der Waals surface area contributed by atoms with Crippen LogP contribution in [0.2, 0.25) is 0 Å². The van der Waals surface area contributed by atoms with Gasteiger partial charge in [-0.3, -0.25) is 9.36 Å². The fraction of sp³-hybridized carbons (Fsp3) is 0.160. The van der Waals surface area contributed by atoms with Gasteiger partial charge in [-0.1, -0.05) is 54.6 Å². The third kappa shape index (κ3) is 2.94. The Morgan fingerprint density at radius 1 is 0.857 bits per heavy atom. The van der Waals surface area contributed by atoms with Crippen LogP contribution in [0, 0.1) is 0 Å². The van der Waals surface area contributed by atoms with Crippen molar-refractivity contribution >= 4 is 10.8 Å². The Balaban J connectivity index is 1.61. The van der Waals surface area contributed by atoms with Gasteiger partial charge in [0.15, 0.2) is 0 Å². The molecule has 0 spiro atoms. The molecular weight excluding hydrogens is 344 g/mol. The number of benzene rings is 3. The molecule has 0 amide bonds. The van der Waals surface area contributed by atoms with Crippen LogP contribution in [-0.4, -0.2) is 23.1 Å². The molecule has 0 N–H and O–H groups in total. The normalized spacial score (nSPS) is 16.8. The average molecular weight is 366 g/mol. The molecule has 1 atom stereocenters. The summed E-state index contributed by atoms with van der Waals surface area (Å²) in [5.41, 5.74) is 4.92. The number of hydrogen-bond donors (Lipinski definition) is 0. The topological polar surface area (TPSA) is 25.2 Å². The van der Waals surface area contributed by atoms with Gasteiger partial charge in [0.05, 0.1) is 0 Å². The molecule has 4 aromatic rings. The summed E-state index contributed by atoms with van der Waals surface area (Å²) in [4.78, 5) is 14.6. The molecule has 138 valence electrons. The molecule has 0 bridgehead atoms. The van der Waals surface area contributed by atoms with E-state index in [2.05, 4.69) is 72.6 Å². The van der Waals surface area contributed by atoms with Crippen LogP contribution in [0.25, 0.3) is 16.5 Å². The van der Waals surface area contributed by atoms with Gasteiger partial charge in [-0.05, 0) is 52.7 Å². The summed E-state index contributed by atoms with van der Waals surface area (Å²) >= 11 is 0. The van der Waals surface area contributed by atoms with Gasteiger partial charge in [-0.15, -0.1) is 0 Å². The minimum atomic E-state index is -0.00214. The van der Waals surface area contributed by atoms with Crippen molar-refractivity contribution in [3.05, 3.63) is 112 Å². The highest BCUT2D eigenvalue weighted by atomic mass is 16.1. The van der Waals surface area contributed by atoms with Crippen LogP contribution in [0.4, 0.5) is 0 Å². The number of aromatic nitrogens is 1. The van der Waals surface area contributed by atoms with Crippen molar-refractivity contribution in [2.75, 3.05) is 13.6 Å². The lowest BCUT2D eigenvalue weighted by Gasteiger charge is -2.33. The summed E-state index contributed by atoms with van der Waals surface area (Å²) in [6.45, 7) is 1.89. The number of rotatable bonds is 2. The number of likely N-dealkylation sites (N-methyl/N-ethyl adjacent to an activating group) is 1. The van der Waals surface area contributed by atoms with E-state index < -0.39 is 0 Å². The molecule has 3 nitrogen and oxygen atoms in total. The van der Waals surface area contributed by atoms with E-state index in [4.69, 9.17) is 0 Å². The quantitative estimate of drug-likeness (QED) is 0.519. The van der Waals surface area contributed by atoms with Gasteiger partial charge in [0.2, 0.25) is 0 Å². The monoisotopic (exact) mass is 366 g/mol. The van der Waals surface area contributed by atoms with Crippen LogP contribution >= 0.6 is 0 Å². The van der Waals surface area contributed by atoms with Crippen molar-refractivity contribution in [1.29, 1.82) is 0 Å². The SMILES string of the molecule is CN1Cc2cc(-n3ccccc3=O)ccc2C(c2ccc3ccccc3c2)C1. The lowest BCUT2D eigenvalue weighted by molar-refractivity contribution is 0.295. The molecule has 0 aliphatic carbocycles. The highest BCUT2D eigenvalue weighted by molar-refractivity contribution is 5.83. The predicted molar refractivity (Wildman–Crippen MR) is 114 cm³/mol. The van der Waals surface area contributed by atoms with Gasteiger partial charge in [0.25, 0.3) is 5.56 Å². The van der Waals surface area contributed by atoms with Crippen LogP contribution in [0.1, 0.15) is 22.6 Å². The van der Waals surface area contributed by atoms with E-state index in [-0.39, 0.29) is 5.56 Å². The second-order valence-corrected chi connectivity index (χ2v) is 7.65. The van der Waals surface area contributed by atoms with Gasteiger partial charge < -0.3 is 4.90 Å². The largest absolute Gasteiger partial charge is 0.301 e. The molecule has 0 fully saturated rings. The summed E-state index contributed by atoms with van der Waals surface area (Å²) in [7, 11) is 2.17. The zero-order valence-electron chi connectivity index (χ0n) is 15.9. The number of fused-ring (bicyclic) bond motifs is 2. The van der Waals surface area contributed by atoms with Crippen LogP contribution < -0.4 is 5.56 Å². The molecule has 1 aromatic heterocycles. The highest BCUT2D eigenvalue weighted by Crippen LogP contribution is 2.35. The Labute approximate surface area is 164 Å². The molecule has 3 heteroatoms. The minimum Gasteiger partial charge on any atom is -0.301 e. The standard InChI is InChI=1S/C25H22N2O/c1-26-16-21-15-22(27-13-5-4-8-25(27)28)11-12-23(21)24(17-26)20-10-9-18-6-2-3-7-19(18)14-20/h2-15,24H,16-17H2,1H3. The van der Waals surface area contributed by atoms with Crippen LogP contribution in [0.3, 0.4) is 0 Å². The Kier molecular flexibility index (Phi) is 4.10. The molecule has 1 unspecified atom stereocenters. The summed E-state index contributed by atoms with van der Waals surface area (Å²) in [5, 5.41) is 2.55. The van der Waals surface area contributed by atoms with E-state index in [0.29, 0.717) is 5.92 Å². The zero-order valence-corrected chi connectivity index (χ0v) is 15.9. The van der Waals surface area contributed by atoms with E-state index in [1.165, 1.54) is 27.5 Å². The second-order valence-electron chi connectivity index (χ2n) is 7.65. The first-order chi connectivity index (χ1) is 13.7. The molecule has 3 aromatic carbocycles. The van der Waals surface area contributed by atoms with Gasteiger partial charge in [-0.25, -0.2) is 0 Å². The molecule has 0 saturated carbocycles. The molecule has 1 aliphatic rings. The van der Waals surface area contributed by atoms with E-state index in [1.807, 2.05) is 12.3 Å². The smallest absolute Gasteiger partial charge is 0.255 e.